The molecule has 0 fully saturated rings. The number of nitrogens with two attached hydrogens (primary N) is 1. The van der Waals surface area contributed by atoms with E-state index in [0.717, 1.165) is 5.56 Å². The highest BCUT2D eigenvalue weighted by molar-refractivity contribution is 5.91. The van der Waals surface area contributed by atoms with Crippen LogP contribution in [0, 0.1) is 6.92 Å². The molecule has 0 aromatic carbocycles. The molecule has 7 heteroatoms. The van der Waals surface area contributed by atoms with Crippen molar-refractivity contribution in [2.24, 2.45) is 5.84 Å². The van der Waals surface area contributed by atoms with Crippen molar-refractivity contribution in [2.45, 2.75) is 33.4 Å². The molecule has 0 bridgehead atoms. The third-order valence-electron chi connectivity index (χ3n) is 2.68. The summed E-state index contributed by atoms with van der Waals surface area (Å²) in [4.78, 5) is 24.8. The number of hydrazine groups is 1. The van der Waals surface area contributed by atoms with Crippen molar-refractivity contribution in [3.63, 3.8) is 0 Å². The normalized spacial score (nSPS) is 10.9. The summed E-state index contributed by atoms with van der Waals surface area (Å²) in [5, 5.41) is 2.82. The molecule has 0 atom stereocenters. The molecular formula is C13H22N4O3. The minimum atomic E-state index is -0.473. The molecule has 20 heavy (non-hydrogen) atoms. The first-order chi connectivity index (χ1) is 9.33. The van der Waals surface area contributed by atoms with Gasteiger partial charge in [-0.1, -0.05) is 0 Å². The fourth-order valence-corrected chi connectivity index (χ4v) is 1.82. The summed E-state index contributed by atoms with van der Waals surface area (Å²) in [6.45, 7) is 6.39. The number of nitrogens with one attached hydrogen (secondary N) is 2. The average Bonchev–Trinajstić information content (AvgIpc) is 2.68. The Hall–Kier alpha value is -1.86. The smallest absolute Gasteiger partial charge is 0.300 e. The van der Waals surface area contributed by atoms with Crippen LogP contribution in [0.1, 0.15) is 35.7 Å². The summed E-state index contributed by atoms with van der Waals surface area (Å²) in [6, 6.07) is 1.75. The lowest BCUT2D eigenvalue weighted by atomic mass is 10.2. The Morgan fingerprint density at radius 1 is 1.45 bits per heavy atom. The quantitative estimate of drug-likeness (QED) is 0.392. The van der Waals surface area contributed by atoms with E-state index in [1.807, 2.05) is 31.2 Å². The first-order valence-corrected chi connectivity index (χ1v) is 6.41. The van der Waals surface area contributed by atoms with Gasteiger partial charge in [0, 0.05) is 18.2 Å². The van der Waals surface area contributed by atoms with E-state index in [1.165, 1.54) is 0 Å². The van der Waals surface area contributed by atoms with E-state index in [0.29, 0.717) is 12.3 Å². The number of hydrogen-bond donors (Lipinski definition) is 3. The molecule has 0 unspecified atom stereocenters. The summed E-state index contributed by atoms with van der Waals surface area (Å²) >= 11 is 0. The first-order valence-electron chi connectivity index (χ1n) is 6.41. The Kier molecular flexibility index (Phi) is 5.72. The van der Waals surface area contributed by atoms with Crippen molar-refractivity contribution in [3.8, 4) is 0 Å². The molecule has 1 rings (SSSR count). The molecular weight excluding hydrogens is 260 g/mol. The fraction of sp³-hybridized carbons (Fsp3) is 0.538. The molecule has 4 N–H and O–H groups in total. The lowest BCUT2D eigenvalue weighted by Crippen LogP contribution is -2.38. The van der Waals surface area contributed by atoms with Crippen LogP contribution in [0.25, 0.3) is 0 Å². The molecule has 0 radical (unpaired) electrons. The van der Waals surface area contributed by atoms with Crippen molar-refractivity contribution in [3.05, 3.63) is 23.2 Å². The van der Waals surface area contributed by atoms with Gasteiger partial charge in [0.2, 0.25) is 5.91 Å². The fourth-order valence-electron chi connectivity index (χ4n) is 1.82. The van der Waals surface area contributed by atoms with Crippen LogP contribution in [0.5, 0.6) is 0 Å². The number of nitrogen functional groups attached to an aromatic ring is 1. The van der Waals surface area contributed by atoms with Gasteiger partial charge in [-0.2, -0.15) is 0 Å². The van der Waals surface area contributed by atoms with Crippen molar-refractivity contribution < 1.29 is 14.0 Å². The van der Waals surface area contributed by atoms with Gasteiger partial charge < -0.3 is 9.73 Å². The second-order valence-corrected chi connectivity index (χ2v) is 5.06. The number of nitrogens with zero attached hydrogens (tertiary/aromatic N) is 1. The Balaban J connectivity index is 2.62. The molecule has 2 amide bonds. The Morgan fingerprint density at radius 3 is 2.65 bits per heavy atom. The molecule has 1 aromatic heterocycles. The lowest BCUT2D eigenvalue weighted by Gasteiger charge is -2.16. The second kappa shape index (κ2) is 7.06. The highest BCUT2D eigenvalue weighted by atomic mass is 16.4. The summed E-state index contributed by atoms with van der Waals surface area (Å²) in [5.74, 6) is 5.35. The van der Waals surface area contributed by atoms with Gasteiger partial charge in [-0.05, 0) is 33.9 Å². The predicted molar refractivity (Wildman–Crippen MR) is 74.7 cm³/mol. The van der Waals surface area contributed by atoms with Gasteiger partial charge in [0.1, 0.15) is 5.76 Å². The number of rotatable bonds is 6. The first kappa shape index (κ1) is 16.2. The molecule has 1 aromatic rings. The van der Waals surface area contributed by atoms with Gasteiger partial charge in [0.05, 0.1) is 6.54 Å². The van der Waals surface area contributed by atoms with Gasteiger partial charge >= 0.3 is 5.91 Å². The van der Waals surface area contributed by atoms with Crippen LogP contribution in [-0.4, -0.2) is 36.3 Å². The monoisotopic (exact) mass is 282 g/mol. The second-order valence-electron chi connectivity index (χ2n) is 5.06. The van der Waals surface area contributed by atoms with Crippen molar-refractivity contribution >= 4 is 11.8 Å². The standard InChI is InChI=1S/C13H22N4O3/c1-8(2)15-12(18)7-17(4)6-10-5-11(13(19)16-14)20-9(10)3/h5,8H,6-7,14H2,1-4H3,(H,15,18)(H,16,19). The zero-order valence-electron chi connectivity index (χ0n) is 12.3. The maximum Gasteiger partial charge on any atom is 0.300 e. The SMILES string of the molecule is Cc1oc(C(=O)NN)cc1CN(C)CC(=O)NC(C)C. The molecule has 0 saturated carbocycles. The summed E-state index contributed by atoms with van der Waals surface area (Å²) in [6.07, 6.45) is 0. The van der Waals surface area contributed by atoms with Crippen LogP contribution < -0.4 is 16.6 Å². The number of carbonyl (C=O) groups excluding carboxylic acids is 2. The number of furan rings is 1. The van der Waals surface area contributed by atoms with Crippen molar-refractivity contribution in [1.29, 1.82) is 0 Å². The van der Waals surface area contributed by atoms with Crippen LogP contribution in [0.15, 0.2) is 10.5 Å². The molecule has 0 spiro atoms. The van der Waals surface area contributed by atoms with Crippen LogP contribution in [0.2, 0.25) is 0 Å². The van der Waals surface area contributed by atoms with Gasteiger partial charge in [-0.15, -0.1) is 0 Å². The molecule has 7 nitrogen and oxygen atoms in total. The zero-order chi connectivity index (χ0) is 15.3. The third kappa shape index (κ3) is 4.67. The Bertz CT molecular complexity index is 482. The zero-order valence-corrected chi connectivity index (χ0v) is 12.3. The van der Waals surface area contributed by atoms with Crippen LogP contribution in [0.4, 0.5) is 0 Å². The summed E-state index contributed by atoms with van der Waals surface area (Å²) in [7, 11) is 1.83. The molecule has 0 aliphatic rings. The van der Waals surface area contributed by atoms with Gasteiger partial charge in [0.15, 0.2) is 5.76 Å². The van der Waals surface area contributed by atoms with Crippen molar-refractivity contribution in [1.82, 2.24) is 15.6 Å². The highest BCUT2D eigenvalue weighted by Crippen LogP contribution is 2.16. The summed E-state index contributed by atoms with van der Waals surface area (Å²) < 4.78 is 5.32. The molecule has 0 aliphatic heterocycles. The molecule has 112 valence electrons. The Morgan fingerprint density at radius 2 is 2.10 bits per heavy atom. The summed E-state index contributed by atoms with van der Waals surface area (Å²) in [5.41, 5.74) is 2.87. The van der Waals surface area contributed by atoms with E-state index in [-0.39, 0.29) is 24.3 Å². The number of hydrogen-bond acceptors (Lipinski definition) is 5. The largest absolute Gasteiger partial charge is 0.456 e. The predicted octanol–water partition coefficient (Wildman–Crippen LogP) is 0.148. The third-order valence-corrected chi connectivity index (χ3v) is 2.68. The number of likely N-dealkylation sites (N-methyl/N-ethyl adjacent to an activating group) is 1. The van der Waals surface area contributed by atoms with E-state index in [4.69, 9.17) is 10.3 Å². The average molecular weight is 282 g/mol. The number of amides is 2. The van der Waals surface area contributed by atoms with E-state index >= 15 is 0 Å². The van der Waals surface area contributed by atoms with E-state index in [9.17, 15) is 9.59 Å². The number of carbonyl (C=O) groups is 2. The maximum atomic E-state index is 11.6. The topological polar surface area (TPSA) is 101 Å². The highest BCUT2D eigenvalue weighted by Gasteiger charge is 2.15. The maximum absolute atomic E-state index is 11.6. The van der Waals surface area contributed by atoms with E-state index in [1.54, 1.807) is 13.0 Å². The van der Waals surface area contributed by atoms with Crippen LogP contribution in [0.3, 0.4) is 0 Å². The van der Waals surface area contributed by atoms with E-state index < -0.39 is 5.91 Å². The molecule has 0 aliphatic carbocycles. The van der Waals surface area contributed by atoms with Gasteiger partial charge in [-0.25, -0.2) is 5.84 Å². The minimum Gasteiger partial charge on any atom is -0.456 e. The number of aryl methyl sites for hydroxylation is 1. The van der Waals surface area contributed by atoms with Crippen LogP contribution >= 0.6 is 0 Å². The lowest BCUT2D eigenvalue weighted by molar-refractivity contribution is -0.122. The van der Waals surface area contributed by atoms with Gasteiger partial charge in [-0.3, -0.25) is 19.9 Å². The molecule has 1 heterocycles. The Labute approximate surface area is 118 Å². The van der Waals surface area contributed by atoms with E-state index in [2.05, 4.69) is 5.32 Å². The van der Waals surface area contributed by atoms with Gasteiger partial charge in [0.25, 0.3) is 0 Å². The van der Waals surface area contributed by atoms with Crippen LogP contribution in [-0.2, 0) is 11.3 Å². The van der Waals surface area contributed by atoms with Crippen molar-refractivity contribution in [2.75, 3.05) is 13.6 Å². The minimum absolute atomic E-state index is 0.0384. The molecule has 0 saturated heterocycles.